The van der Waals surface area contributed by atoms with E-state index in [2.05, 4.69) is 0 Å². The maximum atomic E-state index is 13.8. The Morgan fingerprint density at radius 3 is 2.29 bits per heavy atom. The van der Waals surface area contributed by atoms with Gasteiger partial charge in [0.15, 0.2) is 11.6 Å². The van der Waals surface area contributed by atoms with E-state index in [-0.39, 0.29) is 11.3 Å². The zero-order valence-corrected chi connectivity index (χ0v) is 18.2. The molecule has 0 heterocycles. The Labute approximate surface area is 196 Å². The number of alkyl halides is 3. The van der Waals surface area contributed by atoms with Crippen molar-refractivity contribution in [2.75, 3.05) is 0 Å². The number of carbonyl (C=O) groups excluding carboxylic acids is 1. The summed E-state index contributed by atoms with van der Waals surface area (Å²) in [5.41, 5.74) is 1.58. The van der Waals surface area contributed by atoms with Gasteiger partial charge in [0.2, 0.25) is 0 Å². The number of amides is 1. The van der Waals surface area contributed by atoms with Gasteiger partial charge in [0.05, 0.1) is 11.6 Å². The minimum absolute atomic E-state index is 0.0165. The Morgan fingerprint density at radius 2 is 1.69 bits per heavy atom. The molecule has 3 aromatic rings. The van der Waals surface area contributed by atoms with Crippen LogP contribution in [0.5, 0.6) is 5.75 Å². The second kappa shape index (κ2) is 10.6. The van der Waals surface area contributed by atoms with Crippen molar-refractivity contribution in [1.82, 2.24) is 5.32 Å². The molecule has 5 nitrogen and oxygen atoms in total. The molecule has 1 amide bonds. The van der Waals surface area contributed by atoms with Gasteiger partial charge in [0.25, 0.3) is 0 Å². The first-order valence-electron chi connectivity index (χ1n) is 10.2. The quantitative estimate of drug-likeness (QED) is 0.238. The molecule has 0 aliphatic rings. The van der Waals surface area contributed by atoms with Crippen LogP contribution in [0, 0.1) is 22.9 Å². The van der Waals surface area contributed by atoms with Gasteiger partial charge in [-0.05, 0) is 48.9 Å². The molecule has 0 spiro atoms. The predicted octanol–water partition coefficient (Wildman–Crippen LogP) is 4.82. The average molecular weight is 496 g/mol. The number of nitrogens with two attached hydrogens (primary N) is 1. The van der Waals surface area contributed by atoms with Crippen molar-refractivity contribution in [2.45, 2.75) is 25.2 Å². The number of rotatable bonds is 8. The van der Waals surface area contributed by atoms with Crippen LogP contribution in [0.25, 0.3) is 0 Å². The maximum Gasteiger partial charge on any atom is 0.471 e. The van der Waals surface area contributed by atoms with Crippen molar-refractivity contribution in [3.8, 4) is 5.75 Å². The molecule has 35 heavy (non-hydrogen) atoms. The van der Waals surface area contributed by atoms with Gasteiger partial charge in [0, 0.05) is 24.4 Å². The number of nitrogens with one attached hydrogen (secondary N) is 2. The highest BCUT2D eigenvalue weighted by molar-refractivity contribution is 5.84. The number of hydrogen-bond donors (Lipinski definition) is 3. The summed E-state index contributed by atoms with van der Waals surface area (Å²) in [5.74, 6) is -4.93. The Kier molecular flexibility index (Phi) is 7.80. The molecular formula is C24H20F6N3O2+. The zero-order chi connectivity index (χ0) is 25.8. The lowest BCUT2D eigenvalue weighted by Gasteiger charge is -2.27. The monoisotopic (exact) mass is 496 g/mol. The summed E-state index contributed by atoms with van der Waals surface area (Å²) in [7, 11) is 0. The van der Waals surface area contributed by atoms with Crippen LogP contribution in [0.3, 0.4) is 0 Å². The largest absolute Gasteiger partial charge is 0.484 e. The average Bonchev–Trinajstić information content (AvgIpc) is 2.80. The van der Waals surface area contributed by atoms with Gasteiger partial charge in [-0.2, -0.15) is 13.2 Å². The molecule has 0 saturated heterocycles. The number of benzene rings is 3. The van der Waals surface area contributed by atoms with Crippen molar-refractivity contribution in [3.05, 3.63) is 89.2 Å². The first-order chi connectivity index (χ1) is 16.5. The summed E-state index contributed by atoms with van der Waals surface area (Å²) < 4.78 is 84.5. The molecule has 0 saturated carbocycles. The molecule has 0 aliphatic heterocycles. The number of carbonyl (C=O) groups is 1. The Morgan fingerprint density at radius 1 is 1.00 bits per heavy atom. The molecule has 0 fully saturated rings. The van der Waals surface area contributed by atoms with Gasteiger partial charge in [-0.25, -0.2) is 13.2 Å². The molecule has 0 radical (unpaired) electrons. The normalized spacial score (nSPS) is 13.1. The van der Waals surface area contributed by atoms with Crippen LogP contribution >= 0.6 is 0 Å². The minimum atomic E-state index is -5.15. The van der Waals surface area contributed by atoms with E-state index in [0.717, 1.165) is 24.4 Å². The van der Waals surface area contributed by atoms with Gasteiger partial charge < -0.3 is 15.5 Å². The van der Waals surface area contributed by atoms with E-state index in [1.807, 2.05) is 0 Å². The molecule has 3 rings (SSSR count). The summed E-state index contributed by atoms with van der Waals surface area (Å²) >= 11 is 0. The highest BCUT2D eigenvalue weighted by Gasteiger charge is 2.40. The Bertz CT molecular complexity index is 1210. The highest BCUT2D eigenvalue weighted by atomic mass is 19.4. The van der Waals surface area contributed by atoms with Crippen LogP contribution in [0.15, 0.2) is 60.7 Å². The van der Waals surface area contributed by atoms with Gasteiger partial charge >= 0.3 is 12.1 Å². The number of quaternary nitrogens is 1. The Balaban J connectivity index is 1.90. The lowest BCUT2D eigenvalue weighted by atomic mass is 10.0. The molecule has 11 heteroatoms. The molecule has 3 aromatic carbocycles. The van der Waals surface area contributed by atoms with Crippen LogP contribution in [0.2, 0.25) is 0 Å². The van der Waals surface area contributed by atoms with Crippen LogP contribution in [-0.4, -0.2) is 24.3 Å². The lowest BCUT2D eigenvalue weighted by Crippen LogP contribution is -2.71. The zero-order valence-electron chi connectivity index (χ0n) is 18.2. The molecule has 0 aliphatic carbocycles. The third-order valence-corrected chi connectivity index (χ3v) is 5.01. The molecule has 0 bridgehead atoms. The van der Waals surface area contributed by atoms with E-state index in [9.17, 15) is 31.1 Å². The number of ether oxygens (including phenoxy) is 1. The highest BCUT2D eigenvalue weighted by Crippen LogP contribution is 2.29. The van der Waals surface area contributed by atoms with Gasteiger partial charge in [-0.3, -0.25) is 10.1 Å². The summed E-state index contributed by atoms with van der Waals surface area (Å²) in [6.45, 7) is 1.23. The van der Waals surface area contributed by atoms with E-state index < -0.39 is 41.7 Å². The first kappa shape index (κ1) is 25.8. The van der Waals surface area contributed by atoms with Crippen molar-refractivity contribution in [3.63, 3.8) is 0 Å². The Hall–Kier alpha value is -3.86. The van der Waals surface area contributed by atoms with Gasteiger partial charge in [-0.1, -0.05) is 6.07 Å². The summed E-state index contributed by atoms with van der Waals surface area (Å²) in [6, 6.07) is 11.5. The van der Waals surface area contributed by atoms with Crippen LogP contribution in [-0.2, 0) is 4.79 Å². The molecule has 184 valence electrons. The molecule has 0 aromatic heterocycles. The predicted molar refractivity (Wildman–Crippen MR) is 115 cm³/mol. The van der Waals surface area contributed by atoms with Crippen molar-refractivity contribution < 1.29 is 41.2 Å². The lowest BCUT2D eigenvalue weighted by molar-refractivity contribution is -0.478. The SMILES string of the molecule is C[C@H](NC(=O)C(F)(F)F)[C@H](Oc1ccc([NH2+]c2ccc(F)cc2)c(C=N)c1)c1ccc(F)c(F)c1. The van der Waals surface area contributed by atoms with Crippen molar-refractivity contribution >= 4 is 23.5 Å². The van der Waals surface area contributed by atoms with Crippen molar-refractivity contribution in [2.24, 2.45) is 0 Å². The molecule has 2 atom stereocenters. The molecule has 4 N–H and O–H groups in total. The fourth-order valence-electron chi connectivity index (χ4n) is 3.28. The number of halogens is 6. The topological polar surface area (TPSA) is 78.8 Å². The van der Waals surface area contributed by atoms with E-state index >= 15 is 0 Å². The van der Waals surface area contributed by atoms with Crippen LogP contribution in [0.4, 0.5) is 37.7 Å². The molecular weight excluding hydrogens is 476 g/mol. The van der Waals surface area contributed by atoms with Gasteiger partial charge in [0.1, 0.15) is 29.0 Å². The third kappa shape index (κ3) is 6.60. The van der Waals surface area contributed by atoms with E-state index in [4.69, 9.17) is 10.1 Å². The fourth-order valence-corrected chi connectivity index (χ4v) is 3.28. The summed E-state index contributed by atoms with van der Waals surface area (Å²) in [4.78, 5) is 11.4. The second-order valence-electron chi connectivity index (χ2n) is 7.60. The van der Waals surface area contributed by atoms with Crippen LogP contribution in [0.1, 0.15) is 24.2 Å². The maximum absolute atomic E-state index is 13.8. The third-order valence-electron chi connectivity index (χ3n) is 5.01. The smallest absolute Gasteiger partial charge is 0.471 e. The van der Waals surface area contributed by atoms with Gasteiger partial charge in [-0.15, -0.1) is 0 Å². The van der Waals surface area contributed by atoms with E-state index in [1.165, 1.54) is 43.3 Å². The van der Waals surface area contributed by atoms with E-state index in [0.29, 0.717) is 16.9 Å². The molecule has 0 unspecified atom stereocenters. The first-order valence-corrected chi connectivity index (χ1v) is 10.2. The van der Waals surface area contributed by atoms with Crippen molar-refractivity contribution in [1.29, 1.82) is 5.41 Å². The van der Waals surface area contributed by atoms with E-state index in [1.54, 1.807) is 16.7 Å². The summed E-state index contributed by atoms with van der Waals surface area (Å²) in [5, 5.41) is 11.1. The minimum Gasteiger partial charge on any atom is -0.484 e. The summed E-state index contributed by atoms with van der Waals surface area (Å²) in [6.07, 6.45) is -5.47. The second-order valence-corrected chi connectivity index (χ2v) is 7.60. The fraction of sp³-hybridized carbons (Fsp3) is 0.167. The number of hydrogen-bond acceptors (Lipinski definition) is 3. The standard InChI is InChI=1S/C24H19F6N3O2/c1-13(32-23(34)24(28,29)30)22(14-2-8-19(26)20(27)11-14)35-18-7-9-21(15(10-18)12-31)33-17-5-3-16(25)4-6-17/h2-13,22,31,33H,1H3,(H,32,34)/p+1/t13-,22-/m0/s1. The van der Waals surface area contributed by atoms with Crippen LogP contribution < -0.4 is 15.4 Å².